The summed E-state index contributed by atoms with van der Waals surface area (Å²) in [5.41, 5.74) is 9.17. The lowest BCUT2D eigenvalue weighted by Crippen LogP contribution is -2.05. The Morgan fingerprint density at radius 2 is 1.38 bits per heavy atom. The molecule has 0 unspecified atom stereocenters. The van der Waals surface area contributed by atoms with Gasteiger partial charge in [-0.1, -0.05) is 84.6 Å². The average Bonchev–Trinajstić information content (AvgIpc) is 2.82. The third-order valence-corrected chi connectivity index (χ3v) is 5.32. The van der Waals surface area contributed by atoms with Crippen LogP contribution in [-0.2, 0) is 0 Å². The molecule has 0 atom stereocenters. The molecule has 3 rings (SSSR count). The van der Waals surface area contributed by atoms with E-state index in [-0.39, 0.29) is 5.17 Å². The summed E-state index contributed by atoms with van der Waals surface area (Å²) in [6.45, 7) is 0.554. The molecule has 5 nitrogen and oxygen atoms in total. The first-order valence-corrected chi connectivity index (χ1v) is 11.6. The number of amidine groups is 1. The molecule has 0 amide bonds. The second-order valence-corrected chi connectivity index (χ2v) is 8.25. The number of benzene rings is 2. The van der Waals surface area contributed by atoms with Gasteiger partial charge in [0.15, 0.2) is 5.17 Å². The Kier molecular flexibility index (Phi) is 9.55. The van der Waals surface area contributed by atoms with E-state index < -0.39 is 0 Å². The molecule has 0 aliphatic heterocycles. The van der Waals surface area contributed by atoms with Gasteiger partial charge in [0.2, 0.25) is 0 Å². The average molecular weight is 445 g/mol. The zero-order valence-corrected chi connectivity index (χ0v) is 18.8. The summed E-state index contributed by atoms with van der Waals surface area (Å²) in [7, 11) is 0. The SMILES string of the molecule is N=C(N)SCCCCCOc1nc(/C=C/c2ccccc2)cc(/C=C/c2ccccc2)n1. The Hall–Kier alpha value is -3.38. The van der Waals surface area contributed by atoms with Crippen LogP contribution in [0.4, 0.5) is 0 Å². The molecule has 1 heterocycles. The molecule has 0 saturated carbocycles. The summed E-state index contributed by atoms with van der Waals surface area (Å²) < 4.78 is 5.86. The van der Waals surface area contributed by atoms with E-state index >= 15 is 0 Å². The molecule has 0 spiro atoms. The number of aromatic nitrogens is 2. The minimum Gasteiger partial charge on any atom is -0.463 e. The highest BCUT2D eigenvalue weighted by atomic mass is 32.2. The number of nitrogens with one attached hydrogen (secondary N) is 1. The van der Waals surface area contributed by atoms with Gasteiger partial charge >= 0.3 is 6.01 Å². The normalized spacial score (nSPS) is 11.2. The number of nitrogens with zero attached hydrogens (tertiary/aromatic N) is 2. The molecule has 6 heteroatoms. The molecule has 32 heavy (non-hydrogen) atoms. The zero-order chi connectivity index (χ0) is 22.4. The van der Waals surface area contributed by atoms with Crippen LogP contribution in [0.5, 0.6) is 6.01 Å². The first-order chi connectivity index (χ1) is 15.7. The zero-order valence-electron chi connectivity index (χ0n) is 18.0. The minimum atomic E-state index is 0.172. The van der Waals surface area contributed by atoms with E-state index in [0.29, 0.717) is 12.6 Å². The van der Waals surface area contributed by atoms with Crippen LogP contribution < -0.4 is 10.5 Å². The fourth-order valence-electron chi connectivity index (χ4n) is 2.92. The molecule has 3 aromatic rings. The maximum absolute atomic E-state index is 7.23. The van der Waals surface area contributed by atoms with E-state index in [2.05, 4.69) is 34.2 Å². The van der Waals surface area contributed by atoms with E-state index in [0.717, 1.165) is 47.5 Å². The van der Waals surface area contributed by atoms with Gasteiger partial charge in [-0.05, 0) is 48.6 Å². The highest BCUT2D eigenvalue weighted by Gasteiger charge is 2.03. The van der Waals surface area contributed by atoms with Crippen LogP contribution in [0.2, 0.25) is 0 Å². The van der Waals surface area contributed by atoms with E-state index in [1.54, 1.807) is 0 Å². The van der Waals surface area contributed by atoms with Crippen LogP contribution in [0.1, 0.15) is 41.8 Å². The van der Waals surface area contributed by atoms with E-state index in [1.807, 2.05) is 66.8 Å². The maximum atomic E-state index is 7.23. The van der Waals surface area contributed by atoms with E-state index in [1.165, 1.54) is 11.8 Å². The van der Waals surface area contributed by atoms with Gasteiger partial charge in [0.25, 0.3) is 0 Å². The van der Waals surface area contributed by atoms with Gasteiger partial charge in [0, 0.05) is 5.75 Å². The van der Waals surface area contributed by atoms with Gasteiger partial charge < -0.3 is 10.5 Å². The van der Waals surface area contributed by atoms with Gasteiger partial charge in [-0.2, -0.15) is 9.97 Å². The molecular formula is C26H28N4OS. The largest absolute Gasteiger partial charge is 0.463 e. The number of hydrogen-bond acceptors (Lipinski definition) is 5. The number of nitrogens with two attached hydrogens (primary N) is 1. The van der Waals surface area contributed by atoms with Crippen molar-refractivity contribution in [1.29, 1.82) is 5.41 Å². The smallest absolute Gasteiger partial charge is 0.317 e. The number of ether oxygens (including phenoxy) is 1. The van der Waals surface area contributed by atoms with Crippen LogP contribution in [0, 0.1) is 5.41 Å². The van der Waals surface area contributed by atoms with Crippen molar-refractivity contribution >= 4 is 41.2 Å². The van der Waals surface area contributed by atoms with Crippen LogP contribution in [0.15, 0.2) is 66.7 Å². The Labute approximate surface area is 194 Å². The van der Waals surface area contributed by atoms with Crippen molar-refractivity contribution in [1.82, 2.24) is 9.97 Å². The summed E-state index contributed by atoms with van der Waals surface area (Å²) in [5, 5.41) is 7.40. The van der Waals surface area contributed by atoms with E-state index in [4.69, 9.17) is 15.9 Å². The topological polar surface area (TPSA) is 84.9 Å². The lowest BCUT2D eigenvalue weighted by molar-refractivity contribution is 0.282. The molecule has 0 radical (unpaired) electrons. The summed E-state index contributed by atoms with van der Waals surface area (Å²) in [6, 6.07) is 22.6. The molecule has 1 aromatic heterocycles. The Balaban J connectivity index is 1.66. The van der Waals surface area contributed by atoms with Crippen molar-refractivity contribution in [3.8, 4) is 6.01 Å². The number of hydrogen-bond donors (Lipinski definition) is 2. The predicted octanol–water partition coefficient (Wildman–Crippen LogP) is 5.99. The van der Waals surface area contributed by atoms with Gasteiger partial charge in [-0.15, -0.1) is 0 Å². The number of rotatable bonds is 11. The van der Waals surface area contributed by atoms with Crippen LogP contribution in [0.25, 0.3) is 24.3 Å². The second kappa shape index (κ2) is 13.1. The lowest BCUT2D eigenvalue weighted by atomic mass is 10.2. The number of unbranched alkanes of at least 4 members (excludes halogenated alkanes) is 2. The standard InChI is InChI=1S/C26H28N4OS/c27-25(28)32-19-9-3-8-18-31-26-29-23(16-14-21-10-4-1-5-11-21)20-24(30-26)17-15-22-12-6-2-7-13-22/h1-2,4-7,10-17,20H,3,8-9,18-19H2,(H3,27,28)/b16-14+,17-15+. The summed E-state index contributed by atoms with van der Waals surface area (Å²) in [6.07, 6.45) is 10.9. The monoisotopic (exact) mass is 444 g/mol. The first kappa shape index (κ1) is 23.3. The van der Waals surface area contributed by atoms with Crippen molar-refractivity contribution in [3.05, 3.63) is 89.2 Å². The first-order valence-electron chi connectivity index (χ1n) is 10.6. The van der Waals surface area contributed by atoms with Gasteiger partial charge in [-0.25, -0.2) is 0 Å². The minimum absolute atomic E-state index is 0.172. The fraction of sp³-hybridized carbons (Fsp3) is 0.192. The summed E-state index contributed by atoms with van der Waals surface area (Å²) >= 11 is 1.38. The fourth-order valence-corrected chi connectivity index (χ4v) is 3.48. The third-order valence-electron chi connectivity index (χ3n) is 4.51. The second-order valence-electron chi connectivity index (χ2n) is 7.11. The van der Waals surface area contributed by atoms with Crippen molar-refractivity contribution in [3.63, 3.8) is 0 Å². The van der Waals surface area contributed by atoms with Gasteiger partial charge in [0.05, 0.1) is 18.0 Å². The Bertz CT molecular complexity index is 968. The Morgan fingerprint density at radius 3 is 1.91 bits per heavy atom. The molecule has 0 aliphatic rings. The van der Waals surface area contributed by atoms with Crippen LogP contribution >= 0.6 is 11.8 Å². The highest BCUT2D eigenvalue weighted by Crippen LogP contribution is 2.15. The van der Waals surface area contributed by atoms with Gasteiger partial charge in [0.1, 0.15) is 0 Å². The van der Waals surface area contributed by atoms with E-state index in [9.17, 15) is 0 Å². The molecular weight excluding hydrogens is 416 g/mol. The Morgan fingerprint density at radius 1 is 0.812 bits per heavy atom. The van der Waals surface area contributed by atoms with Crippen molar-refractivity contribution in [2.24, 2.45) is 5.73 Å². The lowest BCUT2D eigenvalue weighted by Gasteiger charge is -2.07. The molecule has 0 fully saturated rings. The summed E-state index contributed by atoms with van der Waals surface area (Å²) in [4.78, 5) is 9.12. The van der Waals surface area contributed by atoms with Gasteiger partial charge in [-0.3, -0.25) is 5.41 Å². The van der Waals surface area contributed by atoms with Crippen molar-refractivity contribution < 1.29 is 4.74 Å². The number of thioether (sulfide) groups is 1. The molecule has 3 N–H and O–H groups in total. The van der Waals surface area contributed by atoms with Crippen molar-refractivity contribution in [2.45, 2.75) is 19.3 Å². The third kappa shape index (κ3) is 8.78. The molecule has 0 saturated heterocycles. The molecule has 2 aromatic carbocycles. The quantitative estimate of drug-likeness (QED) is 0.215. The highest BCUT2D eigenvalue weighted by molar-refractivity contribution is 8.13. The molecule has 164 valence electrons. The molecule has 0 bridgehead atoms. The van der Waals surface area contributed by atoms with Crippen molar-refractivity contribution in [2.75, 3.05) is 12.4 Å². The maximum Gasteiger partial charge on any atom is 0.317 e. The summed E-state index contributed by atoms with van der Waals surface area (Å²) in [5.74, 6) is 0.861. The molecule has 0 aliphatic carbocycles. The predicted molar refractivity (Wildman–Crippen MR) is 136 cm³/mol. The van der Waals surface area contributed by atoms with Crippen LogP contribution in [0.3, 0.4) is 0 Å². The van der Waals surface area contributed by atoms with Crippen LogP contribution in [-0.4, -0.2) is 27.5 Å².